The fourth-order valence-corrected chi connectivity index (χ4v) is 3.37. The molecule has 20 heavy (non-hydrogen) atoms. The first-order valence-electron chi connectivity index (χ1n) is 6.05. The van der Waals surface area contributed by atoms with Gasteiger partial charge in [0.15, 0.2) is 6.10 Å². The molecule has 0 aliphatic carbocycles. The average Bonchev–Trinajstić information content (AvgIpc) is 2.48. The van der Waals surface area contributed by atoms with Crippen LogP contribution in [0.3, 0.4) is 0 Å². The van der Waals surface area contributed by atoms with Crippen molar-refractivity contribution in [3.63, 3.8) is 0 Å². The summed E-state index contributed by atoms with van der Waals surface area (Å²) >= 11 is 0. The third-order valence-corrected chi connectivity index (χ3v) is 4.90. The Bertz CT molecular complexity index is 656. The first-order chi connectivity index (χ1) is 9.57. The second-order valence-corrected chi connectivity index (χ2v) is 6.27. The third kappa shape index (κ3) is 2.97. The summed E-state index contributed by atoms with van der Waals surface area (Å²) in [6, 6.07) is 10.1. The van der Waals surface area contributed by atoms with Crippen molar-refractivity contribution in [1.29, 1.82) is 10.5 Å². The summed E-state index contributed by atoms with van der Waals surface area (Å²) in [6.07, 6.45) is -0.481. The molecule has 1 aromatic carbocycles. The fraction of sp³-hybridized carbons (Fsp3) is 0.385. The molecule has 1 heterocycles. The van der Waals surface area contributed by atoms with Gasteiger partial charge in [0.25, 0.3) is 0 Å². The van der Waals surface area contributed by atoms with Gasteiger partial charge in [-0.15, -0.1) is 0 Å². The predicted octanol–water partition coefficient (Wildman–Crippen LogP) is 0.666. The minimum atomic E-state index is -3.62. The van der Waals surface area contributed by atoms with Gasteiger partial charge in [0, 0.05) is 6.54 Å². The fourth-order valence-electron chi connectivity index (χ4n) is 1.94. The molecule has 7 heteroatoms. The monoisotopic (exact) mass is 291 g/mol. The molecular formula is C13H13N3O3S. The molecule has 0 aromatic heterocycles. The number of hydrogen-bond acceptors (Lipinski definition) is 5. The van der Waals surface area contributed by atoms with Gasteiger partial charge in [0.05, 0.1) is 36.6 Å². The molecule has 0 spiro atoms. The maximum absolute atomic E-state index is 12.4. The number of hydrogen-bond donors (Lipinski definition) is 0. The summed E-state index contributed by atoms with van der Waals surface area (Å²) in [5, 5.41) is 17.4. The smallest absolute Gasteiger partial charge is 0.243 e. The van der Waals surface area contributed by atoms with Gasteiger partial charge >= 0.3 is 0 Å². The van der Waals surface area contributed by atoms with Crippen LogP contribution in [0.25, 0.3) is 0 Å². The van der Waals surface area contributed by atoms with Gasteiger partial charge in [-0.3, -0.25) is 0 Å². The standard InChI is InChI=1S/C13H13N3O3S/c14-6-5-11-1-3-13(4-2-11)20(17,18)16-7-8-19-12(9-15)10-16/h1-4,12H,5,7-8,10H2. The molecule has 1 aliphatic heterocycles. The molecule has 0 bridgehead atoms. The third-order valence-electron chi connectivity index (χ3n) is 3.02. The van der Waals surface area contributed by atoms with Crippen molar-refractivity contribution in [2.24, 2.45) is 0 Å². The molecule has 0 radical (unpaired) electrons. The zero-order valence-corrected chi connectivity index (χ0v) is 11.5. The van der Waals surface area contributed by atoms with E-state index in [9.17, 15) is 8.42 Å². The molecule has 104 valence electrons. The highest BCUT2D eigenvalue weighted by atomic mass is 32.2. The van der Waals surface area contributed by atoms with E-state index in [4.69, 9.17) is 15.3 Å². The Morgan fingerprint density at radius 2 is 2.00 bits per heavy atom. The van der Waals surface area contributed by atoms with Crippen molar-refractivity contribution in [3.05, 3.63) is 29.8 Å². The first kappa shape index (κ1) is 14.5. The first-order valence-corrected chi connectivity index (χ1v) is 7.49. The highest BCUT2D eigenvalue weighted by Gasteiger charge is 2.30. The zero-order valence-electron chi connectivity index (χ0n) is 10.7. The van der Waals surface area contributed by atoms with Crippen molar-refractivity contribution >= 4 is 10.0 Å². The Morgan fingerprint density at radius 1 is 1.30 bits per heavy atom. The van der Waals surface area contributed by atoms with Crippen LogP contribution in [0, 0.1) is 22.7 Å². The van der Waals surface area contributed by atoms with Gasteiger partial charge in [-0.1, -0.05) is 12.1 Å². The summed E-state index contributed by atoms with van der Waals surface area (Å²) in [5.74, 6) is 0. The molecule has 1 unspecified atom stereocenters. The molecule has 0 saturated carbocycles. The van der Waals surface area contributed by atoms with Crippen LogP contribution in [-0.4, -0.2) is 38.5 Å². The Morgan fingerprint density at radius 3 is 2.60 bits per heavy atom. The van der Waals surface area contributed by atoms with E-state index >= 15 is 0 Å². The second-order valence-electron chi connectivity index (χ2n) is 4.33. The lowest BCUT2D eigenvalue weighted by molar-refractivity contribution is 0.0311. The normalized spacial score (nSPS) is 20.0. The highest BCUT2D eigenvalue weighted by Crippen LogP contribution is 2.19. The van der Waals surface area contributed by atoms with Gasteiger partial charge in [0.2, 0.25) is 10.0 Å². The molecular weight excluding hydrogens is 278 g/mol. The molecule has 2 rings (SSSR count). The Labute approximate surface area is 117 Å². The van der Waals surface area contributed by atoms with Crippen LogP contribution in [0.2, 0.25) is 0 Å². The van der Waals surface area contributed by atoms with Gasteiger partial charge in [-0.2, -0.15) is 14.8 Å². The molecule has 0 amide bonds. The van der Waals surface area contributed by atoms with Crippen molar-refractivity contribution in [2.75, 3.05) is 19.7 Å². The summed E-state index contributed by atoms with van der Waals surface area (Å²) in [4.78, 5) is 0.165. The molecule has 1 fully saturated rings. The van der Waals surface area contributed by atoms with Crippen LogP contribution >= 0.6 is 0 Å². The number of rotatable bonds is 3. The Hall–Kier alpha value is -1.93. The number of sulfonamides is 1. The van der Waals surface area contributed by atoms with Crippen LogP contribution in [0.1, 0.15) is 5.56 Å². The van der Waals surface area contributed by atoms with Crippen molar-refractivity contribution in [1.82, 2.24) is 4.31 Å². The Kier molecular flexibility index (Phi) is 4.35. The van der Waals surface area contributed by atoms with Crippen molar-refractivity contribution in [2.45, 2.75) is 17.4 Å². The molecule has 1 atom stereocenters. The topological polar surface area (TPSA) is 94.2 Å². The lowest BCUT2D eigenvalue weighted by Crippen LogP contribution is -2.44. The van der Waals surface area contributed by atoms with Crippen molar-refractivity contribution in [3.8, 4) is 12.1 Å². The van der Waals surface area contributed by atoms with E-state index < -0.39 is 16.1 Å². The maximum atomic E-state index is 12.4. The molecule has 1 saturated heterocycles. The van der Waals surface area contributed by atoms with Crippen LogP contribution in [0.5, 0.6) is 0 Å². The average molecular weight is 291 g/mol. The van der Waals surface area contributed by atoms with Gasteiger partial charge in [-0.05, 0) is 17.7 Å². The molecule has 1 aliphatic rings. The SMILES string of the molecule is N#CCc1ccc(S(=O)(=O)N2CCOC(C#N)C2)cc1. The highest BCUT2D eigenvalue weighted by molar-refractivity contribution is 7.89. The zero-order chi connectivity index (χ0) is 14.6. The summed E-state index contributed by atoms with van der Waals surface area (Å²) in [6.45, 7) is 0.489. The van der Waals surface area contributed by atoms with E-state index in [1.807, 2.05) is 12.1 Å². The maximum Gasteiger partial charge on any atom is 0.243 e. The number of ether oxygens (including phenoxy) is 1. The number of nitrogens with zero attached hydrogens (tertiary/aromatic N) is 3. The van der Waals surface area contributed by atoms with Gasteiger partial charge in [-0.25, -0.2) is 8.42 Å². The lowest BCUT2D eigenvalue weighted by atomic mass is 10.2. The summed E-state index contributed by atoms with van der Waals surface area (Å²) < 4.78 is 31.2. The minimum absolute atomic E-state index is 0.0405. The van der Waals surface area contributed by atoms with E-state index in [1.54, 1.807) is 12.1 Å². The predicted molar refractivity (Wildman–Crippen MR) is 69.9 cm³/mol. The van der Waals surface area contributed by atoms with Crippen molar-refractivity contribution < 1.29 is 13.2 Å². The molecule has 6 nitrogen and oxygen atoms in total. The largest absolute Gasteiger partial charge is 0.361 e. The number of nitriles is 2. The van der Waals surface area contributed by atoms with E-state index in [0.29, 0.717) is 0 Å². The van der Waals surface area contributed by atoms with Crippen LogP contribution in [0.15, 0.2) is 29.2 Å². The molecule has 1 aromatic rings. The van der Waals surface area contributed by atoms with Crippen LogP contribution in [-0.2, 0) is 21.2 Å². The minimum Gasteiger partial charge on any atom is -0.361 e. The van der Waals surface area contributed by atoms with E-state index in [0.717, 1.165) is 5.56 Å². The second kappa shape index (κ2) is 6.02. The molecule has 0 N–H and O–H groups in total. The van der Waals surface area contributed by atoms with Gasteiger partial charge in [0.1, 0.15) is 0 Å². The van der Waals surface area contributed by atoms with Crippen LogP contribution < -0.4 is 0 Å². The quantitative estimate of drug-likeness (QED) is 0.815. The van der Waals surface area contributed by atoms with E-state index in [-0.39, 0.29) is 31.0 Å². The van der Waals surface area contributed by atoms with E-state index in [1.165, 1.54) is 16.4 Å². The Balaban J connectivity index is 2.22. The van der Waals surface area contributed by atoms with Gasteiger partial charge < -0.3 is 4.74 Å². The van der Waals surface area contributed by atoms with Crippen LogP contribution in [0.4, 0.5) is 0 Å². The summed E-state index contributed by atoms with van der Waals surface area (Å²) in [5.41, 5.74) is 0.767. The number of benzene rings is 1. The van der Waals surface area contributed by atoms with E-state index in [2.05, 4.69) is 0 Å². The summed E-state index contributed by atoms with van der Waals surface area (Å²) in [7, 11) is -3.62. The number of morpholine rings is 1. The lowest BCUT2D eigenvalue weighted by Gasteiger charge is -2.28.